The van der Waals surface area contributed by atoms with E-state index in [9.17, 15) is 24.3 Å². The number of carbonyl (C=O) groups is 4. The minimum atomic E-state index is -1.15. The largest absolute Gasteiger partial charge is 0.480 e. The maximum Gasteiger partial charge on any atom is 0.326 e. The van der Waals surface area contributed by atoms with Crippen LogP contribution in [0.2, 0.25) is 0 Å². The van der Waals surface area contributed by atoms with Gasteiger partial charge in [-0.15, -0.1) is 0 Å². The molecule has 0 heterocycles. The van der Waals surface area contributed by atoms with Gasteiger partial charge in [-0.1, -0.05) is 84.0 Å². The number of carboxylic acid groups (broad SMARTS) is 2. The average molecular weight is 514 g/mol. The second kappa shape index (κ2) is 23.3. The molecule has 0 spiro atoms. The SMILES string of the molecule is CCCCCCCCCCCCCCCC(=O)N[C@@H](CCC(=O)NCCCC[C@H](N)C(=O)O)C(=O)O. The van der Waals surface area contributed by atoms with Gasteiger partial charge in [0.25, 0.3) is 0 Å². The van der Waals surface area contributed by atoms with Gasteiger partial charge in [0.05, 0.1) is 0 Å². The predicted octanol–water partition coefficient (Wildman–Crippen LogP) is 4.52. The zero-order valence-corrected chi connectivity index (χ0v) is 22.4. The Labute approximate surface area is 217 Å². The number of nitrogens with two attached hydrogens (primary N) is 1. The number of rotatable bonds is 25. The van der Waals surface area contributed by atoms with Crippen LogP contribution in [0, 0.1) is 0 Å². The fourth-order valence-corrected chi connectivity index (χ4v) is 4.03. The van der Waals surface area contributed by atoms with Crippen molar-refractivity contribution in [1.82, 2.24) is 10.6 Å². The minimum Gasteiger partial charge on any atom is -0.480 e. The van der Waals surface area contributed by atoms with Crippen molar-refractivity contribution in [3.63, 3.8) is 0 Å². The minimum absolute atomic E-state index is 0.00930. The van der Waals surface area contributed by atoms with Crippen molar-refractivity contribution in [3.05, 3.63) is 0 Å². The summed E-state index contributed by atoms with van der Waals surface area (Å²) in [4.78, 5) is 46.2. The van der Waals surface area contributed by atoms with E-state index >= 15 is 0 Å². The quantitative estimate of drug-likeness (QED) is 0.112. The highest BCUT2D eigenvalue weighted by molar-refractivity contribution is 5.84. The van der Waals surface area contributed by atoms with Crippen molar-refractivity contribution in [2.75, 3.05) is 6.54 Å². The summed E-state index contributed by atoms with van der Waals surface area (Å²) in [6.07, 6.45) is 17.6. The summed E-state index contributed by atoms with van der Waals surface area (Å²) in [5.74, 6) is -2.78. The number of nitrogens with one attached hydrogen (secondary N) is 2. The molecule has 0 aliphatic heterocycles. The summed E-state index contributed by atoms with van der Waals surface area (Å²) >= 11 is 0. The monoisotopic (exact) mass is 513 g/mol. The molecule has 0 saturated heterocycles. The number of aliphatic carboxylic acids is 2. The van der Waals surface area contributed by atoms with E-state index in [0.29, 0.717) is 32.2 Å². The van der Waals surface area contributed by atoms with Crippen molar-refractivity contribution >= 4 is 23.8 Å². The zero-order valence-electron chi connectivity index (χ0n) is 22.4. The first-order valence-electron chi connectivity index (χ1n) is 14.0. The van der Waals surface area contributed by atoms with Gasteiger partial charge in [0.1, 0.15) is 12.1 Å². The van der Waals surface area contributed by atoms with Gasteiger partial charge in [0, 0.05) is 19.4 Å². The third-order valence-electron chi connectivity index (χ3n) is 6.38. The molecule has 9 heteroatoms. The molecule has 0 unspecified atom stereocenters. The summed E-state index contributed by atoms with van der Waals surface area (Å²) in [7, 11) is 0. The molecule has 0 aromatic heterocycles. The molecule has 0 aliphatic rings. The van der Waals surface area contributed by atoms with Crippen LogP contribution in [0.4, 0.5) is 0 Å². The third kappa shape index (κ3) is 21.1. The van der Waals surface area contributed by atoms with E-state index in [1.807, 2.05) is 0 Å². The smallest absolute Gasteiger partial charge is 0.326 e. The van der Waals surface area contributed by atoms with Crippen molar-refractivity contribution < 1.29 is 29.4 Å². The highest BCUT2D eigenvalue weighted by Crippen LogP contribution is 2.13. The van der Waals surface area contributed by atoms with Crippen LogP contribution in [0.3, 0.4) is 0 Å². The number of hydrogen-bond donors (Lipinski definition) is 5. The Balaban J connectivity index is 3.78. The van der Waals surface area contributed by atoms with Gasteiger partial charge >= 0.3 is 11.9 Å². The highest BCUT2D eigenvalue weighted by Gasteiger charge is 2.20. The number of hydrogen-bond acceptors (Lipinski definition) is 5. The van der Waals surface area contributed by atoms with E-state index in [-0.39, 0.29) is 24.7 Å². The topological polar surface area (TPSA) is 159 Å². The molecule has 6 N–H and O–H groups in total. The lowest BCUT2D eigenvalue weighted by molar-refractivity contribution is -0.142. The van der Waals surface area contributed by atoms with Crippen LogP contribution in [0.5, 0.6) is 0 Å². The molecule has 9 nitrogen and oxygen atoms in total. The van der Waals surface area contributed by atoms with Crippen molar-refractivity contribution in [3.8, 4) is 0 Å². The first kappa shape index (κ1) is 33.8. The van der Waals surface area contributed by atoms with Crippen LogP contribution >= 0.6 is 0 Å². The molecule has 0 radical (unpaired) electrons. The van der Waals surface area contributed by atoms with Crippen LogP contribution in [-0.4, -0.2) is 52.6 Å². The molecule has 0 aromatic carbocycles. The van der Waals surface area contributed by atoms with Gasteiger partial charge < -0.3 is 26.6 Å². The lowest BCUT2D eigenvalue weighted by atomic mass is 10.0. The Morgan fingerprint density at radius 3 is 1.67 bits per heavy atom. The zero-order chi connectivity index (χ0) is 27.0. The fraction of sp³-hybridized carbons (Fsp3) is 0.852. The first-order valence-corrected chi connectivity index (χ1v) is 14.0. The van der Waals surface area contributed by atoms with Crippen LogP contribution in [-0.2, 0) is 19.2 Å². The third-order valence-corrected chi connectivity index (χ3v) is 6.38. The Hall–Kier alpha value is -2.16. The van der Waals surface area contributed by atoms with Gasteiger partial charge in [0.15, 0.2) is 0 Å². The predicted molar refractivity (Wildman–Crippen MR) is 142 cm³/mol. The Bertz CT molecular complexity index is 614. The molecule has 0 bridgehead atoms. The molecule has 2 atom stereocenters. The Morgan fingerprint density at radius 1 is 0.639 bits per heavy atom. The summed E-state index contributed by atoms with van der Waals surface area (Å²) in [5, 5.41) is 23.3. The molecular weight excluding hydrogens is 462 g/mol. The van der Waals surface area contributed by atoms with Crippen molar-refractivity contribution in [2.45, 2.75) is 141 Å². The first-order chi connectivity index (χ1) is 17.3. The number of unbranched alkanes of at least 4 members (excludes halogenated alkanes) is 13. The van der Waals surface area contributed by atoms with Gasteiger partial charge in [-0.2, -0.15) is 0 Å². The summed E-state index contributed by atoms with van der Waals surface area (Å²) < 4.78 is 0. The normalized spacial score (nSPS) is 12.6. The molecule has 0 fully saturated rings. The maximum atomic E-state index is 12.1. The van der Waals surface area contributed by atoms with E-state index in [0.717, 1.165) is 19.3 Å². The molecule has 210 valence electrons. The molecule has 36 heavy (non-hydrogen) atoms. The van der Waals surface area contributed by atoms with Crippen LogP contribution in [0.25, 0.3) is 0 Å². The summed E-state index contributed by atoms with van der Waals surface area (Å²) in [6, 6.07) is -1.99. The lowest BCUT2D eigenvalue weighted by Gasteiger charge is -2.14. The van der Waals surface area contributed by atoms with Gasteiger partial charge in [-0.25, -0.2) is 4.79 Å². The summed E-state index contributed by atoms with van der Waals surface area (Å²) in [5.41, 5.74) is 5.42. The lowest BCUT2D eigenvalue weighted by Crippen LogP contribution is -2.41. The van der Waals surface area contributed by atoms with Gasteiger partial charge in [0.2, 0.25) is 11.8 Å². The Morgan fingerprint density at radius 2 is 1.17 bits per heavy atom. The van der Waals surface area contributed by atoms with Crippen LogP contribution < -0.4 is 16.4 Å². The number of amides is 2. The second-order valence-electron chi connectivity index (χ2n) is 9.78. The molecule has 2 amide bonds. The second-order valence-corrected chi connectivity index (χ2v) is 9.78. The molecule has 0 aliphatic carbocycles. The molecule has 0 rings (SSSR count). The standard InChI is InChI=1S/C27H51N3O6/c1-2-3-4-5-6-7-8-9-10-11-12-13-14-18-25(32)30-23(27(35)36)19-20-24(31)29-21-16-15-17-22(28)26(33)34/h22-23H,2-21,28H2,1H3,(H,29,31)(H,30,32)(H,33,34)(H,35,36)/t22-,23-/m0/s1. The number of carbonyl (C=O) groups excluding carboxylic acids is 2. The Kier molecular flexibility index (Phi) is 21.9. The van der Waals surface area contributed by atoms with E-state index in [1.54, 1.807) is 0 Å². The number of carboxylic acids is 2. The van der Waals surface area contributed by atoms with Gasteiger partial charge in [-0.05, 0) is 32.1 Å². The molecule has 0 saturated carbocycles. The maximum absolute atomic E-state index is 12.1. The average Bonchev–Trinajstić information content (AvgIpc) is 2.83. The van der Waals surface area contributed by atoms with Crippen LogP contribution in [0.1, 0.15) is 129 Å². The van der Waals surface area contributed by atoms with E-state index in [2.05, 4.69) is 17.6 Å². The fourth-order valence-electron chi connectivity index (χ4n) is 4.03. The summed E-state index contributed by atoms with van der Waals surface area (Å²) in [6.45, 7) is 2.61. The van der Waals surface area contributed by atoms with Crippen molar-refractivity contribution in [2.24, 2.45) is 5.73 Å². The van der Waals surface area contributed by atoms with Crippen LogP contribution in [0.15, 0.2) is 0 Å². The van der Waals surface area contributed by atoms with Crippen molar-refractivity contribution in [1.29, 1.82) is 0 Å². The highest BCUT2D eigenvalue weighted by atomic mass is 16.4. The van der Waals surface area contributed by atoms with E-state index in [4.69, 9.17) is 10.8 Å². The van der Waals surface area contributed by atoms with E-state index in [1.165, 1.54) is 64.2 Å². The van der Waals surface area contributed by atoms with Gasteiger partial charge in [-0.3, -0.25) is 14.4 Å². The molecule has 0 aromatic rings. The van der Waals surface area contributed by atoms with E-state index < -0.39 is 24.0 Å². The molecular formula is C27H51N3O6.